The number of carboxylic acid groups (broad SMARTS) is 1. The first-order valence-corrected chi connectivity index (χ1v) is 12.2. The first-order valence-electron chi connectivity index (χ1n) is 11.8. The molecule has 6 rings (SSSR count). The molecular weight excluding hydrogens is 480 g/mol. The van der Waals surface area contributed by atoms with Gasteiger partial charge in [0.2, 0.25) is 0 Å². The van der Waals surface area contributed by atoms with Crippen LogP contribution in [0.4, 0.5) is 0 Å². The number of pyridine rings is 2. The lowest BCUT2D eigenvalue weighted by molar-refractivity contribution is -0.136. The van der Waals surface area contributed by atoms with E-state index in [1.165, 1.54) is 0 Å². The molecule has 1 saturated carbocycles. The number of carbonyl (C=O) groups excluding carboxylic acids is 1. The third-order valence-corrected chi connectivity index (χ3v) is 6.77. The van der Waals surface area contributed by atoms with Gasteiger partial charge >= 0.3 is 5.97 Å². The van der Waals surface area contributed by atoms with Crippen molar-refractivity contribution in [2.45, 2.75) is 44.6 Å². The van der Waals surface area contributed by atoms with Crippen LogP contribution in [0.3, 0.4) is 0 Å². The molecule has 0 spiro atoms. The molecule has 0 atom stereocenters. The number of Topliss-reactive ketones (excluding diaryl/α,β-unsaturated/α-hetero) is 1. The fourth-order valence-corrected chi connectivity index (χ4v) is 4.76. The predicted octanol–water partition coefficient (Wildman–Crippen LogP) is 4.20. The molecule has 1 fully saturated rings. The second kappa shape index (κ2) is 8.91. The molecule has 0 amide bonds. The first kappa shape index (κ1) is 22.5. The van der Waals surface area contributed by atoms with Gasteiger partial charge in [0.25, 0.3) is 0 Å². The minimum Gasteiger partial charge on any atom is -0.481 e. The lowest BCUT2D eigenvalue weighted by Crippen LogP contribution is -2.04. The van der Waals surface area contributed by atoms with Gasteiger partial charge in [-0.3, -0.25) is 14.3 Å². The molecule has 0 unspecified atom stereocenters. The number of imidazole rings is 2. The molecule has 36 heavy (non-hydrogen) atoms. The third-order valence-electron chi connectivity index (χ3n) is 6.54. The summed E-state index contributed by atoms with van der Waals surface area (Å²) in [7, 11) is 0. The number of aromatic nitrogens is 6. The average molecular weight is 503 g/mol. The number of fused-ring (bicyclic) bond motifs is 2. The SMILES string of the molecule is O=C(O)Cc1cc(C2CC2)cn2cc(Cn3cc(C(=O)CCc4ncn5ccc(Cl)cc45)cn3)nc12. The van der Waals surface area contributed by atoms with Crippen molar-refractivity contribution in [2.75, 3.05) is 0 Å². The summed E-state index contributed by atoms with van der Waals surface area (Å²) in [4.78, 5) is 33.3. The van der Waals surface area contributed by atoms with E-state index in [1.54, 1.807) is 29.5 Å². The Morgan fingerprint density at radius 3 is 2.81 bits per heavy atom. The van der Waals surface area contributed by atoms with Gasteiger partial charge in [-0.25, -0.2) is 9.97 Å². The van der Waals surface area contributed by atoms with Gasteiger partial charge in [-0.2, -0.15) is 5.10 Å². The molecule has 1 N–H and O–H groups in total. The molecule has 1 aliphatic rings. The number of nitrogens with zero attached hydrogens (tertiary/aromatic N) is 6. The van der Waals surface area contributed by atoms with Crippen LogP contribution in [0.15, 0.2) is 55.5 Å². The number of carboxylic acids is 1. The number of halogens is 1. The summed E-state index contributed by atoms with van der Waals surface area (Å²) in [6.45, 7) is 0.379. The molecule has 5 heterocycles. The van der Waals surface area contributed by atoms with Gasteiger partial charge in [-0.05, 0) is 48.9 Å². The van der Waals surface area contributed by atoms with Crippen molar-refractivity contribution < 1.29 is 14.7 Å². The molecule has 0 saturated heterocycles. The normalized spacial score (nSPS) is 13.6. The van der Waals surface area contributed by atoms with E-state index in [4.69, 9.17) is 11.6 Å². The Balaban J connectivity index is 1.17. The van der Waals surface area contributed by atoms with Crippen molar-refractivity contribution in [3.63, 3.8) is 0 Å². The topological polar surface area (TPSA) is 107 Å². The van der Waals surface area contributed by atoms with E-state index in [-0.39, 0.29) is 12.2 Å². The smallest absolute Gasteiger partial charge is 0.307 e. The summed E-state index contributed by atoms with van der Waals surface area (Å²) in [6.07, 6.45) is 13.8. The minimum atomic E-state index is -0.878. The van der Waals surface area contributed by atoms with E-state index in [2.05, 4.69) is 15.1 Å². The highest BCUT2D eigenvalue weighted by Gasteiger charge is 2.25. The van der Waals surface area contributed by atoms with Crippen molar-refractivity contribution >= 4 is 34.5 Å². The van der Waals surface area contributed by atoms with Crippen LogP contribution in [0.2, 0.25) is 5.02 Å². The molecule has 9 nitrogen and oxygen atoms in total. The lowest BCUT2D eigenvalue weighted by Gasteiger charge is -2.05. The van der Waals surface area contributed by atoms with E-state index in [1.807, 2.05) is 39.5 Å². The number of ketones is 1. The number of aliphatic carboxylic acids is 1. The quantitative estimate of drug-likeness (QED) is 0.303. The highest BCUT2D eigenvalue weighted by molar-refractivity contribution is 6.30. The summed E-state index contributed by atoms with van der Waals surface area (Å²) in [5.41, 5.74) is 5.51. The Kier molecular flexibility index (Phi) is 5.56. The molecular formula is C26H23ClN6O3. The molecule has 1 aliphatic carbocycles. The Morgan fingerprint density at radius 2 is 2.00 bits per heavy atom. The molecule has 0 radical (unpaired) electrons. The summed E-state index contributed by atoms with van der Waals surface area (Å²) in [6, 6.07) is 5.61. The van der Waals surface area contributed by atoms with Gasteiger partial charge < -0.3 is 13.9 Å². The number of carbonyl (C=O) groups is 2. The fourth-order valence-electron chi connectivity index (χ4n) is 4.60. The van der Waals surface area contributed by atoms with Crippen LogP contribution < -0.4 is 0 Å². The third kappa shape index (κ3) is 4.49. The van der Waals surface area contributed by atoms with Gasteiger partial charge in [0, 0.05) is 41.8 Å². The van der Waals surface area contributed by atoms with Crippen LogP contribution in [0.5, 0.6) is 0 Å². The maximum Gasteiger partial charge on any atom is 0.307 e. The van der Waals surface area contributed by atoms with Crippen LogP contribution in [-0.4, -0.2) is 45.4 Å². The van der Waals surface area contributed by atoms with Crippen molar-refractivity contribution in [3.8, 4) is 0 Å². The average Bonchev–Trinajstić information content (AvgIpc) is 3.26. The standard InChI is InChI=1S/C26H23ClN6O3/c27-20-5-6-31-15-28-22(23(31)9-20)3-4-24(34)19-10-29-33(12-19)14-21-13-32-11-18(16-1-2-16)7-17(8-25(35)36)26(32)30-21/h5-7,9-13,15-16H,1-4,8,14H2,(H,35,36). The molecule has 5 aromatic rings. The van der Waals surface area contributed by atoms with E-state index >= 15 is 0 Å². The Morgan fingerprint density at radius 1 is 1.14 bits per heavy atom. The van der Waals surface area contributed by atoms with Crippen molar-refractivity contribution in [1.82, 2.24) is 28.5 Å². The number of hydrogen-bond donors (Lipinski definition) is 1. The molecule has 0 aromatic carbocycles. The Bertz CT molecular complexity index is 1630. The first-order chi connectivity index (χ1) is 17.4. The highest BCUT2D eigenvalue weighted by atomic mass is 35.5. The highest BCUT2D eigenvalue weighted by Crippen LogP contribution is 2.40. The molecule has 5 aromatic heterocycles. The van der Waals surface area contributed by atoms with Crippen LogP contribution in [-0.2, 0) is 24.2 Å². The Hall–Kier alpha value is -3.98. The van der Waals surface area contributed by atoms with Gasteiger partial charge in [-0.15, -0.1) is 0 Å². The van der Waals surface area contributed by atoms with Crippen LogP contribution in [0, 0.1) is 0 Å². The van der Waals surface area contributed by atoms with E-state index in [0.29, 0.717) is 47.1 Å². The number of rotatable bonds is 9. The maximum absolute atomic E-state index is 12.8. The van der Waals surface area contributed by atoms with E-state index in [9.17, 15) is 14.7 Å². The van der Waals surface area contributed by atoms with Gasteiger partial charge in [0.15, 0.2) is 5.78 Å². The summed E-state index contributed by atoms with van der Waals surface area (Å²) >= 11 is 6.10. The minimum absolute atomic E-state index is 0.0164. The maximum atomic E-state index is 12.8. The lowest BCUT2D eigenvalue weighted by atomic mass is 10.1. The van der Waals surface area contributed by atoms with E-state index in [0.717, 1.165) is 35.3 Å². The summed E-state index contributed by atoms with van der Waals surface area (Å²) < 4.78 is 5.48. The van der Waals surface area contributed by atoms with Crippen LogP contribution >= 0.6 is 11.6 Å². The zero-order chi connectivity index (χ0) is 24.8. The van der Waals surface area contributed by atoms with Crippen LogP contribution in [0.1, 0.15) is 58.1 Å². The predicted molar refractivity (Wildman–Crippen MR) is 133 cm³/mol. The van der Waals surface area contributed by atoms with Gasteiger partial charge in [0.05, 0.1) is 48.0 Å². The van der Waals surface area contributed by atoms with Gasteiger partial charge in [0.1, 0.15) is 5.65 Å². The fraction of sp³-hybridized carbons (Fsp3) is 0.269. The van der Waals surface area contributed by atoms with E-state index < -0.39 is 5.97 Å². The summed E-state index contributed by atoms with van der Waals surface area (Å²) in [5, 5.41) is 14.3. The molecule has 182 valence electrons. The summed E-state index contributed by atoms with van der Waals surface area (Å²) in [5.74, 6) is -0.391. The Labute approximate surface area is 211 Å². The molecule has 10 heteroatoms. The zero-order valence-corrected chi connectivity index (χ0v) is 20.1. The molecule has 0 aliphatic heterocycles. The van der Waals surface area contributed by atoms with Gasteiger partial charge in [-0.1, -0.05) is 11.6 Å². The van der Waals surface area contributed by atoms with Crippen molar-refractivity contribution in [1.29, 1.82) is 0 Å². The largest absolute Gasteiger partial charge is 0.481 e. The number of hydrogen-bond acceptors (Lipinski definition) is 5. The second-order valence-electron chi connectivity index (χ2n) is 9.29. The van der Waals surface area contributed by atoms with Crippen molar-refractivity contribution in [3.05, 3.63) is 88.6 Å². The zero-order valence-electron chi connectivity index (χ0n) is 19.3. The second-order valence-corrected chi connectivity index (χ2v) is 9.72. The number of aryl methyl sites for hydroxylation is 1. The molecule has 0 bridgehead atoms. The monoisotopic (exact) mass is 502 g/mol. The van der Waals surface area contributed by atoms with Crippen molar-refractivity contribution in [2.24, 2.45) is 0 Å². The van der Waals surface area contributed by atoms with Crippen LogP contribution in [0.25, 0.3) is 11.2 Å².